The number of hydrogen-bond donors (Lipinski definition) is 1. The molecule has 1 aromatic heterocycles. The standard InChI is InChI=1S/C18H16BrN3O2S/c1-11-5-3-6-12(2)16(11)24-10-15-21-22-18(25-15)20-17(23)13-7-4-8-14(19)9-13/h3-9H,10H2,1-2H3,(H,20,22,23). The van der Waals surface area contributed by atoms with Crippen molar-refractivity contribution in [3.63, 3.8) is 0 Å². The molecule has 0 bridgehead atoms. The number of nitrogens with one attached hydrogen (secondary N) is 1. The highest BCUT2D eigenvalue weighted by atomic mass is 79.9. The average molecular weight is 418 g/mol. The summed E-state index contributed by atoms with van der Waals surface area (Å²) in [5, 5.41) is 12.0. The fourth-order valence-electron chi connectivity index (χ4n) is 2.32. The van der Waals surface area contributed by atoms with Crippen molar-refractivity contribution in [3.8, 4) is 5.75 Å². The van der Waals surface area contributed by atoms with Gasteiger partial charge < -0.3 is 4.74 Å². The first-order valence-corrected chi connectivity index (χ1v) is 9.22. The van der Waals surface area contributed by atoms with Crippen molar-refractivity contribution in [2.24, 2.45) is 0 Å². The summed E-state index contributed by atoms with van der Waals surface area (Å²) in [5.74, 6) is 0.636. The van der Waals surface area contributed by atoms with Crippen LogP contribution in [-0.4, -0.2) is 16.1 Å². The van der Waals surface area contributed by atoms with Gasteiger partial charge in [-0.3, -0.25) is 10.1 Å². The highest BCUT2D eigenvalue weighted by molar-refractivity contribution is 9.10. The zero-order valence-corrected chi connectivity index (χ0v) is 16.1. The largest absolute Gasteiger partial charge is 0.486 e. The molecule has 0 unspecified atom stereocenters. The maximum absolute atomic E-state index is 12.2. The summed E-state index contributed by atoms with van der Waals surface area (Å²) in [6, 6.07) is 13.2. The molecule has 0 atom stereocenters. The molecule has 0 fully saturated rings. The topological polar surface area (TPSA) is 64.1 Å². The number of para-hydroxylation sites is 1. The van der Waals surface area contributed by atoms with Crippen molar-refractivity contribution >= 4 is 38.3 Å². The molecule has 3 rings (SSSR count). The van der Waals surface area contributed by atoms with E-state index in [4.69, 9.17) is 4.74 Å². The Morgan fingerprint density at radius 1 is 1.16 bits per heavy atom. The summed E-state index contributed by atoms with van der Waals surface area (Å²) < 4.78 is 6.71. The van der Waals surface area contributed by atoms with Gasteiger partial charge in [0.05, 0.1) is 0 Å². The first-order valence-electron chi connectivity index (χ1n) is 7.61. The Morgan fingerprint density at radius 3 is 2.60 bits per heavy atom. The summed E-state index contributed by atoms with van der Waals surface area (Å²) in [6.07, 6.45) is 0. The summed E-state index contributed by atoms with van der Waals surface area (Å²) >= 11 is 4.65. The molecule has 0 saturated carbocycles. The zero-order valence-electron chi connectivity index (χ0n) is 13.7. The Bertz CT molecular complexity index is 891. The fraction of sp³-hybridized carbons (Fsp3) is 0.167. The molecule has 0 saturated heterocycles. The molecular weight excluding hydrogens is 402 g/mol. The van der Waals surface area contributed by atoms with Gasteiger partial charge in [0.1, 0.15) is 12.4 Å². The van der Waals surface area contributed by atoms with E-state index >= 15 is 0 Å². The van der Waals surface area contributed by atoms with Crippen molar-refractivity contribution < 1.29 is 9.53 Å². The maximum Gasteiger partial charge on any atom is 0.257 e. The van der Waals surface area contributed by atoms with Gasteiger partial charge in [-0.05, 0) is 43.2 Å². The molecule has 0 aliphatic carbocycles. The lowest BCUT2D eigenvalue weighted by molar-refractivity contribution is 0.102. The van der Waals surface area contributed by atoms with Crippen LogP contribution in [0.1, 0.15) is 26.5 Å². The molecule has 25 heavy (non-hydrogen) atoms. The number of nitrogens with zero attached hydrogens (tertiary/aromatic N) is 2. The lowest BCUT2D eigenvalue weighted by Crippen LogP contribution is -2.11. The molecule has 2 aromatic carbocycles. The molecule has 1 amide bonds. The lowest BCUT2D eigenvalue weighted by Gasteiger charge is -2.10. The predicted octanol–water partition coefficient (Wildman–Crippen LogP) is 4.75. The molecule has 0 radical (unpaired) electrons. The van der Waals surface area contributed by atoms with Crippen molar-refractivity contribution in [2.75, 3.05) is 5.32 Å². The number of aromatic nitrogens is 2. The number of benzene rings is 2. The van der Waals surface area contributed by atoms with E-state index in [1.165, 1.54) is 11.3 Å². The van der Waals surface area contributed by atoms with Crippen molar-refractivity contribution in [3.05, 3.63) is 68.6 Å². The summed E-state index contributed by atoms with van der Waals surface area (Å²) in [7, 11) is 0. The number of anilines is 1. The minimum atomic E-state index is -0.223. The summed E-state index contributed by atoms with van der Waals surface area (Å²) in [5.41, 5.74) is 2.71. The number of ether oxygens (including phenoxy) is 1. The highest BCUT2D eigenvalue weighted by Gasteiger charge is 2.12. The van der Waals surface area contributed by atoms with E-state index in [1.54, 1.807) is 12.1 Å². The molecule has 128 valence electrons. The third kappa shape index (κ3) is 4.43. The van der Waals surface area contributed by atoms with Crippen LogP contribution < -0.4 is 10.1 Å². The Kier molecular flexibility index (Phi) is 5.45. The number of aryl methyl sites for hydroxylation is 2. The van der Waals surface area contributed by atoms with E-state index in [-0.39, 0.29) is 5.91 Å². The molecule has 0 spiro atoms. The number of halogens is 1. The van der Waals surface area contributed by atoms with Crippen LogP contribution in [0.5, 0.6) is 5.75 Å². The molecule has 7 heteroatoms. The Hall–Kier alpha value is -2.25. The molecule has 1 N–H and O–H groups in total. The number of carbonyl (C=O) groups excluding carboxylic acids is 1. The van der Waals surface area contributed by atoms with Crippen LogP contribution in [0, 0.1) is 13.8 Å². The third-order valence-electron chi connectivity index (χ3n) is 3.52. The third-order valence-corrected chi connectivity index (χ3v) is 4.83. The lowest BCUT2D eigenvalue weighted by atomic mass is 10.1. The molecule has 3 aromatic rings. The van der Waals surface area contributed by atoms with Crippen molar-refractivity contribution in [1.29, 1.82) is 0 Å². The quantitative estimate of drug-likeness (QED) is 0.650. The second-order valence-corrected chi connectivity index (χ2v) is 7.45. The minimum Gasteiger partial charge on any atom is -0.486 e. The van der Waals surface area contributed by atoms with Gasteiger partial charge in [0.2, 0.25) is 5.13 Å². The smallest absolute Gasteiger partial charge is 0.257 e. The monoisotopic (exact) mass is 417 g/mol. The van der Waals surface area contributed by atoms with Gasteiger partial charge >= 0.3 is 0 Å². The predicted molar refractivity (Wildman–Crippen MR) is 102 cm³/mol. The fourth-order valence-corrected chi connectivity index (χ4v) is 3.37. The molecule has 1 heterocycles. The van der Waals surface area contributed by atoms with E-state index < -0.39 is 0 Å². The average Bonchev–Trinajstić information content (AvgIpc) is 3.02. The number of amides is 1. The van der Waals surface area contributed by atoms with Gasteiger partial charge in [-0.15, -0.1) is 10.2 Å². The van der Waals surface area contributed by atoms with Gasteiger partial charge in [-0.2, -0.15) is 0 Å². The van der Waals surface area contributed by atoms with Crippen LogP contribution in [0.3, 0.4) is 0 Å². The zero-order chi connectivity index (χ0) is 17.8. The van der Waals surface area contributed by atoms with Crippen LogP contribution in [0.2, 0.25) is 0 Å². The van der Waals surface area contributed by atoms with E-state index in [2.05, 4.69) is 31.4 Å². The van der Waals surface area contributed by atoms with Crippen molar-refractivity contribution in [1.82, 2.24) is 10.2 Å². The summed E-state index contributed by atoms with van der Waals surface area (Å²) in [6.45, 7) is 4.33. The van der Waals surface area contributed by atoms with Crippen LogP contribution in [-0.2, 0) is 6.61 Å². The highest BCUT2D eigenvalue weighted by Crippen LogP contribution is 2.25. The normalized spacial score (nSPS) is 10.5. The van der Waals surface area contributed by atoms with E-state index in [1.807, 2.05) is 44.2 Å². The second kappa shape index (κ2) is 7.76. The van der Waals surface area contributed by atoms with Crippen LogP contribution in [0.15, 0.2) is 46.9 Å². The van der Waals surface area contributed by atoms with E-state index in [0.29, 0.717) is 22.3 Å². The van der Waals surface area contributed by atoms with Crippen LogP contribution >= 0.6 is 27.3 Å². The molecule has 5 nitrogen and oxygen atoms in total. The van der Waals surface area contributed by atoms with Crippen LogP contribution in [0.4, 0.5) is 5.13 Å². The van der Waals surface area contributed by atoms with Gasteiger partial charge in [-0.25, -0.2) is 0 Å². The van der Waals surface area contributed by atoms with Gasteiger partial charge in [0.15, 0.2) is 5.01 Å². The molecular formula is C18H16BrN3O2S. The SMILES string of the molecule is Cc1cccc(C)c1OCc1nnc(NC(=O)c2cccc(Br)c2)s1. The first kappa shape index (κ1) is 17.6. The number of carbonyl (C=O) groups is 1. The van der Waals surface area contributed by atoms with Gasteiger partial charge in [0, 0.05) is 10.0 Å². The Labute approximate surface area is 158 Å². The Balaban J connectivity index is 1.64. The first-order chi connectivity index (χ1) is 12.0. The van der Waals surface area contributed by atoms with Crippen LogP contribution in [0.25, 0.3) is 0 Å². The van der Waals surface area contributed by atoms with E-state index in [9.17, 15) is 4.79 Å². The maximum atomic E-state index is 12.2. The summed E-state index contributed by atoms with van der Waals surface area (Å²) in [4.78, 5) is 12.2. The molecule has 0 aliphatic heterocycles. The number of rotatable bonds is 5. The van der Waals surface area contributed by atoms with Gasteiger partial charge in [0.25, 0.3) is 5.91 Å². The van der Waals surface area contributed by atoms with Crippen molar-refractivity contribution in [2.45, 2.75) is 20.5 Å². The minimum absolute atomic E-state index is 0.223. The van der Waals surface area contributed by atoms with E-state index in [0.717, 1.165) is 21.3 Å². The van der Waals surface area contributed by atoms with Gasteiger partial charge in [-0.1, -0.05) is 51.5 Å². The second-order valence-electron chi connectivity index (χ2n) is 5.48. The number of hydrogen-bond acceptors (Lipinski definition) is 5. The Morgan fingerprint density at radius 2 is 1.88 bits per heavy atom. The molecule has 0 aliphatic rings.